The lowest BCUT2D eigenvalue weighted by atomic mass is 10.1. The SMILES string of the molecule is CN1CCN(CC(NC(=O)c2cc3cc(Br)ccc3o2)c2ccccc2)CC1. The first-order valence-corrected chi connectivity index (χ1v) is 10.3. The fourth-order valence-corrected chi connectivity index (χ4v) is 3.94. The van der Waals surface area contributed by atoms with Crippen molar-refractivity contribution in [2.45, 2.75) is 6.04 Å². The molecule has 0 spiro atoms. The fraction of sp³-hybridized carbons (Fsp3) is 0.318. The molecular formula is C22H24BrN3O2. The number of hydrogen-bond acceptors (Lipinski definition) is 4. The number of fused-ring (bicyclic) bond motifs is 1. The molecule has 28 heavy (non-hydrogen) atoms. The minimum absolute atomic E-state index is 0.0861. The van der Waals surface area contributed by atoms with Gasteiger partial charge in [-0.05, 0) is 36.9 Å². The maximum Gasteiger partial charge on any atom is 0.287 e. The fourth-order valence-electron chi connectivity index (χ4n) is 3.56. The topological polar surface area (TPSA) is 48.7 Å². The second kappa shape index (κ2) is 8.47. The normalized spacial score (nSPS) is 16.9. The number of likely N-dealkylation sites (N-methyl/N-ethyl adjacent to an activating group) is 1. The van der Waals surface area contributed by atoms with Gasteiger partial charge in [-0.2, -0.15) is 0 Å². The Balaban J connectivity index is 1.53. The van der Waals surface area contributed by atoms with Gasteiger partial charge in [0.25, 0.3) is 5.91 Å². The van der Waals surface area contributed by atoms with Crippen LogP contribution in [0, 0.1) is 0 Å². The first kappa shape index (κ1) is 19.2. The molecule has 1 aromatic heterocycles. The van der Waals surface area contributed by atoms with Crippen LogP contribution in [0.15, 0.2) is 63.5 Å². The predicted molar refractivity (Wildman–Crippen MR) is 115 cm³/mol. The van der Waals surface area contributed by atoms with Crippen LogP contribution < -0.4 is 5.32 Å². The smallest absolute Gasteiger partial charge is 0.287 e. The van der Waals surface area contributed by atoms with E-state index in [4.69, 9.17) is 4.42 Å². The summed E-state index contributed by atoms with van der Waals surface area (Å²) in [5.74, 6) is 0.155. The Kier molecular flexibility index (Phi) is 5.80. The Morgan fingerprint density at radius 2 is 1.86 bits per heavy atom. The van der Waals surface area contributed by atoms with E-state index in [1.807, 2.05) is 36.4 Å². The highest BCUT2D eigenvalue weighted by Gasteiger charge is 2.23. The van der Waals surface area contributed by atoms with Crippen molar-refractivity contribution >= 4 is 32.8 Å². The van der Waals surface area contributed by atoms with Gasteiger partial charge in [0.05, 0.1) is 6.04 Å². The molecule has 1 amide bonds. The number of nitrogens with one attached hydrogen (secondary N) is 1. The van der Waals surface area contributed by atoms with E-state index in [9.17, 15) is 4.79 Å². The number of benzene rings is 2. The number of furan rings is 1. The maximum absolute atomic E-state index is 12.9. The Morgan fingerprint density at radius 3 is 2.61 bits per heavy atom. The zero-order chi connectivity index (χ0) is 19.5. The molecule has 0 bridgehead atoms. The van der Waals surface area contributed by atoms with Crippen LogP contribution in [0.2, 0.25) is 0 Å². The zero-order valence-electron chi connectivity index (χ0n) is 15.9. The van der Waals surface area contributed by atoms with Crippen LogP contribution in [0.3, 0.4) is 0 Å². The second-order valence-corrected chi connectivity index (χ2v) is 8.25. The minimum Gasteiger partial charge on any atom is -0.451 e. The number of halogens is 1. The molecule has 4 rings (SSSR count). The van der Waals surface area contributed by atoms with Gasteiger partial charge in [-0.25, -0.2) is 0 Å². The largest absolute Gasteiger partial charge is 0.451 e. The molecule has 1 aliphatic rings. The Bertz CT molecular complexity index is 949. The summed E-state index contributed by atoms with van der Waals surface area (Å²) in [5.41, 5.74) is 1.82. The van der Waals surface area contributed by atoms with Gasteiger partial charge < -0.3 is 14.6 Å². The standard InChI is InChI=1S/C22H24BrN3O2/c1-25-9-11-26(12-10-25)15-19(16-5-3-2-4-6-16)24-22(27)21-14-17-13-18(23)7-8-20(17)28-21/h2-8,13-14,19H,9-12,15H2,1H3,(H,24,27). The molecule has 0 radical (unpaired) electrons. The predicted octanol–water partition coefficient (Wildman–Crippen LogP) is 3.91. The van der Waals surface area contributed by atoms with E-state index in [-0.39, 0.29) is 11.9 Å². The molecule has 3 aromatic rings. The van der Waals surface area contributed by atoms with Crippen LogP contribution in [-0.2, 0) is 0 Å². The van der Waals surface area contributed by atoms with Crippen molar-refractivity contribution in [1.29, 1.82) is 0 Å². The van der Waals surface area contributed by atoms with Gasteiger partial charge in [0.1, 0.15) is 5.58 Å². The summed E-state index contributed by atoms with van der Waals surface area (Å²) in [6, 6.07) is 17.6. The number of amides is 1. The van der Waals surface area contributed by atoms with E-state index < -0.39 is 0 Å². The number of hydrogen-bond donors (Lipinski definition) is 1. The average molecular weight is 442 g/mol. The summed E-state index contributed by atoms with van der Waals surface area (Å²) >= 11 is 3.46. The number of carbonyl (C=O) groups is 1. The third-order valence-corrected chi connectivity index (χ3v) is 5.74. The molecule has 2 aromatic carbocycles. The van der Waals surface area contributed by atoms with E-state index in [2.05, 4.69) is 50.2 Å². The Hall–Kier alpha value is -2.15. The van der Waals surface area contributed by atoms with Crippen LogP contribution in [0.25, 0.3) is 11.0 Å². The molecule has 6 heteroatoms. The average Bonchev–Trinajstić information content (AvgIpc) is 3.13. The van der Waals surface area contributed by atoms with Crippen LogP contribution in [0.4, 0.5) is 0 Å². The van der Waals surface area contributed by atoms with Crippen molar-refractivity contribution in [3.05, 3.63) is 70.4 Å². The second-order valence-electron chi connectivity index (χ2n) is 7.33. The third-order valence-electron chi connectivity index (χ3n) is 5.25. The van der Waals surface area contributed by atoms with E-state index in [1.165, 1.54) is 0 Å². The van der Waals surface area contributed by atoms with Crippen LogP contribution in [0.1, 0.15) is 22.2 Å². The van der Waals surface area contributed by atoms with Gasteiger partial charge >= 0.3 is 0 Å². The van der Waals surface area contributed by atoms with Gasteiger partial charge in [0.15, 0.2) is 5.76 Å². The number of piperazine rings is 1. The summed E-state index contributed by atoms with van der Waals surface area (Å²) in [5, 5.41) is 4.10. The molecule has 5 nitrogen and oxygen atoms in total. The van der Waals surface area contributed by atoms with Crippen LogP contribution in [-0.4, -0.2) is 55.5 Å². The number of rotatable bonds is 5. The third kappa shape index (κ3) is 4.46. The molecule has 1 aliphatic heterocycles. The van der Waals surface area contributed by atoms with Crippen molar-refractivity contribution in [3.8, 4) is 0 Å². The molecule has 2 heterocycles. The van der Waals surface area contributed by atoms with Crippen molar-refractivity contribution in [1.82, 2.24) is 15.1 Å². The molecule has 1 N–H and O–H groups in total. The van der Waals surface area contributed by atoms with Crippen molar-refractivity contribution in [3.63, 3.8) is 0 Å². The molecule has 146 valence electrons. The molecule has 1 unspecified atom stereocenters. The van der Waals surface area contributed by atoms with Gasteiger partial charge in [0.2, 0.25) is 0 Å². The van der Waals surface area contributed by atoms with Gasteiger partial charge in [0, 0.05) is 42.6 Å². The molecule has 0 aliphatic carbocycles. The summed E-state index contributed by atoms with van der Waals surface area (Å²) in [6.45, 7) is 4.90. The first-order chi connectivity index (χ1) is 13.6. The van der Waals surface area contributed by atoms with E-state index in [1.54, 1.807) is 6.07 Å². The quantitative estimate of drug-likeness (QED) is 0.651. The molecule has 1 atom stereocenters. The lowest BCUT2D eigenvalue weighted by molar-refractivity contribution is 0.0882. The van der Waals surface area contributed by atoms with E-state index in [0.29, 0.717) is 11.3 Å². The van der Waals surface area contributed by atoms with Gasteiger partial charge in [-0.1, -0.05) is 46.3 Å². The summed E-state index contributed by atoms with van der Waals surface area (Å²) in [6.07, 6.45) is 0. The van der Waals surface area contributed by atoms with Crippen LogP contribution >= 0.6 is 15.9 Å². The summed E-state index contributed by atoms with van der Waals surface area (Å²) < 4.78 is 6.74. The monoisotopic (exact) mass is 441 g/mol. The van der Waals surface area contributed by atoms with E-state index in [0.717, 1.165) is 48.1 Å². The van der Waals surface area contributed by atoms with Gasteiger partial charge in [-0.15, -0.1) is 0 Å². The zero-order valence-corrected chi connectivity index (χ0v) is 17.5. The number of carbonyl (C=O) groups excluding carboxylic acids is 1. The first-order valence-electron chi connectivity index (χ1n) is 9.54. The van der Waals surface area contributed by atoms with Crippen molar-refractivity contribution < 1.29 is 9.21 Å². The molecule has 0 saturated carbocycles. The minimum atomic E-state index is -0.185. The Morgan fingerprint density at radius 1 is 1.11 bits per heavy atom. The lowest BCUT2D eigenvalue weighted by Crippen LogP contribution is -2.47. The van der Waals surface area contributed by atoms with Crippen molar-refractivity contribution in [2.75, 3.05) is 39.8 Å². The summed E-state index contributed by atoms with van der Waals surface area (Å²) in [4.78, 5) is 17.7. The molecule has 1 fully saturated rings. The van der Waals surface area contributed by atoms with Crippen LogP contribution in [0.5, 0.6) is 0 Å². The van der Waals surface area contributed by atoms with Gasteiger partial charge in [-0.3, -0.25) is 9.69 Å². The van der Waals surface area contributed by atoms with E-state index >= 15 is 0 Å². The number of nitrogens with zero attached hydrogens (tertiary/aromatic N) is 2. The highest BCUT2D eigenvalue weighted by molar-refractivity contribution is 9.10. The Labute approximate surface area is 173 Å². The van der Waals surface area contributed by atoms with Crippen molar-refractivity contribution in [2.24, 2.45) is 0 Å². The molecule has 1 saturated heterocycles. The highest BCUT2D eigenvalue weighted by Crippen LogP contribution is 2.24. The maximum atomic E-state index is 12.9. The molecular weight excluding hydrogens is 418 g/mol. The lowest BCUT2D eigenvalue weighted by Gasteiger charge is -2.34. The highest BCUT2D eigenvalue weighted by atomic mass is 79.9. The summed E-state index contributed by atoms with van der Waals surface area (Å²) in [7, 11) is 2.15.